The highest BCUT2D eigenvalue weighted by Gasteiger charge is 2.26. The number of aryl methyl sites for hydroxylation is 2. The number of hydrogen-bond acceptors (Lipinski definition) is 0. The molecule has 0 saturated carbocycles. The van der Waals surface area contributed by atoms with E-state index in [0.29, 0.717) is 0 Å². The lowest BCUT2D eigenvalue weighted by atomic mass is 10.1. The van der Waals surface area contributed by atoms with Crippen LogP contribution >= 0.6 is 11.6 Å². The number of rotatable bonds is 3. The molecule has 0 amide bonds. The second-order valence-corrected chi connectivity index (χ2v) is 7.23. The molecule has 0 radical (unpaired) electrons. The average Bonchev–Trinajstić information content (AvgIpc) is 2.85. The van der Waals surface area contributed by atoms with Gasteiger partial charge in [0.05, 0.1) is 6.54 Å². The van der Waals surface area contributed by atoms with Crippen molar-refractivity contribution in [2.75, 3.05) is 0 Å². The normalized spacial score (nSPS) is 13.6. The molecule has 0 fully saturated rings. The van der Waals surface area contributed by atoms with E-state index in [1.54, 1.807) is 0 Å². The van der Waals surface area contributed by atoms with Gasteiger partial charge < -0.3 is 17.0 Å². The Morgan fingerprint density at radius 1 is 0.962 bits per heavy atom. The highest BCUT2D eigenvalue weighted by atomic mass is 79.9. The van der Waals surface area contributed by atoms with Crippen molar-refractivity contribution >= 4 is 11.6 Å². The molecule has 0 N–H and O–H groups in total. The summed E-state index contributed by atoms with van der Waals surface area (Å²) in [5, 5.41) is 0.781. The molecule has 4 heteroatoms. The smallest absolute Gasteiger partial charge is 0.262 e. The number of halogens is 2. The Balaban J connectivity index is 0.00000196. The number of fused-ring (bicyclic) bond motifs is 1. The van der Waals surface area contributed by atoms with Gasteiger partial charge >= 0.3 is 0 Å². The van der Waals surface area contributed by atoms with Gasteiger partial charge in [0.15, 0.2) is 5.69 Å². The Kier molecular flexibility index (Phi) is 6.20. The molecule has 2 aromatic carbocycles. The first kappa shape index (κ1) is 19.2. The Morgan fingerprint density at radius 2 is 1.69 bits per heavy atom. The van der Waals surface area contributed by atoms with Crippen molar-refractivity contribution in [2.24, 2.45) is 0 Å². The lowest BCUT2D eigenvalue weighted by Crippen LogP contribution is -3.00. The third-order valence-electron chi connectivity index (χ3n) is 5.15. The molecule has 1 aliphatic rings. The van der Waals surface area contributed by atoms with E-state index in [-0.39, 0.29) is 17.0 Å². The number of nitrogens with zero attached hydrogens (tertiary/aromatic N) is 2. The summed E-state index contributed by atoms with van der Waals surface area (Å²) in [6.45, 7) is 3.30. The van der Waals surface area contributed by atoms with Crippen molar-refractivity contribution in [2.45, 2.75) is 45.6 Å². The summed E-state index contributed by atoms with van der Waals surface area (Å²) < 4.78 is 4.87. The van der Waals surface area contributed by atoms with E-state index < -0.39 is 0 Å². The van der Waals surface area contributed by atoms with E-state index in [9.17, 15) is 0 Å². The average molecular weight is 432 g/mol. The third kappa shape index (κ3) is 3.74. The fourth-order valence-electron chi connectivity index (χ4n) is 3.73. The molecule has 0 spiro atoms. The van der Waals surface area contributed by atoms with Crippen molar-refractivity contribution in [3.63, 3.8) is 0 Å². The van der Waals surface area contributed by atoms with Crippen molar-refractivity contribution in [3.05, 3.63) is 71.1 Å². The van der Waals surface area contributed by atoms with E-state index >= 15 is 0 Å². The zero-order valence-corrected chi connectivity index (χ0v) is 17.4. The zero-order chi connectivity index (χ0) is 17.2. The van der Waals surface area contributed by atoms with Crippen LogP contribution in [0.25, 0.3) is 16.9 Å². The molecule has 2 heterocycles. The molecule has 0 saturated heterocycles. The molecule has 3 aromatic rings. The number of aromatic nitrogens is 2. The molecule has 4 rings (SSSR count). The first-order valence-corrected chi connectivity index (χ1v) is 9.63. The molecular weight excluding hydrogens is 408 g/mol. The van der Waals surface area contributed by atoms with Gasteiger partial charge in [0, 0.05) is 17.0 Å². The predicted octanol–water partition coefficient (Wildman–Crippen LogP) is 2.38. The predicted molar refractivity (Wildman–Crippen MR) is 103 cm³/mol. The molecule has 0 unspecified atom stereocenters. The first-order valence-electron chi connectivity index (χ1n) is 9.25. The van der Waals surface area contributed by atoms with Crippen molar-refractivity contribution < 1.29 is 21.5 Å². The Bertz CT molecular complexity index is 866. The third-order valence-corrected chi connectivity index (χ3v) is 5.40. The Labute approximate surface area is 171 Å². The van der Waals surface area contributed by atoms with Crippen LogP contribution in [0, 0.1) is 0 Å². The Hall–Kier alpha value is -1.58. The highest BCUT2D eigenvalue weighted by Crippen LogP contribution is 2.27. The van der Waals surface area contributed by atoms with Crippen LogP contribution in [0.4, 0.5) is 0 Å². The topological polar surface area (TPSA) is 8.81 Å². The summed E-state index contributed by atoms with van der Waals surface area (Å²) in [5.74, 6) is 1.40. The summed E-state index contributed by atoms with van der Waals surface area (Å²) >= 11 is 6.12. The minimum atomic E-state index is 0. The lowest BCUT2D eigenvalue weighted by Gasteiger charge is -2.06. The summed E-state index contributed by atoms with van der Waals surface area (Å²) in [5.41, 5.74) is 5.10. The summed E-state index contributed by atoms with van der Waals surface area (Å²) in [6.07, 6.45) is 8.35. The summed E-state index contributed by atoms with van der Waals surface area (Å²) in [6, 6.07) is 17.2. The molecular formula is C22H24BrClN2. The van der Waals surface area contributed by atoms with Crippen molar-refractivity contribution in [1.82, 2.24) is 4.57 Å². The van der Waals surface area contributed by atoms with Crippen LogP contribution < -0.4 is 21.5 Å². The van der Waals surface area contributed by atoms with Gasteiger partial charge in [0.2, 0.25) is 0 Å². The first-order chi connectivity index (χ1) is 12.3. The number of imidazole rings is 1. The molecule has 0 bridgehead atoms. The van der Waals surface area contributed by atoms with Gasteiger partial charge in [0.25, 0.3) is 5.82 Å². The quantitative estimate of drug-likeness (QED) is 0.563. The molecule has 0 atom stereocenters. The summed E-state index contributed by atoms with van der Waals surface area (Å²) in [4.78, 5) is 0. The minimum absolute atomic E-state index is 0. The van der Waals surface area contributed by atoms with Gasteiger partial charge in [-0.05, 0) is 55.5 Å². The van der Waals surface area contributed by atoms with E-state index in [1.807, 2.05) is 12.1 Å². The largest absolute Gasteiger partial charge is 1.00 e. The van der Waals surface area contributed by atoms with Crippen LogP contribution in [-0.2, 0) is 19.4 Å². The lowest BCUT2D eigenvalue weighted by molar-refractivity contribution is -0.702. The highest BCUT2D eigenvalue weighted by molar-refractivity contribution is 6.30. The van der Waals surface area contributed by atoms with E-state index in [0.717, 1.165) is 24.4 Å². The maximum absolute atomic E-state index is 6.12. The van der Waals surface area contributed by atoms with E-state index in [1.165, 1.54) is 47.6 Å². The van der Waals surface area contributed by atoms with Crippen LogP contribution in [0.2, 0.25) is 5.02 Å². The minimum Gasteiger partial charge on any atom is -1.00 e. The van der Waals surface area contributed by atoms with Gasteiger partial charge in [0.1, 0.15) is 11.9 Å². The van der Waals surface area contributed by atoms with E-state index in [4.69, 9.17) is 11.6 Å². The fourth-order valence-corrected chi connectivity index (χ4v) is 3.86. The number of benzene rings is 2. The fraction of sp³-hybridized carbons (Fsp3) is 0.318. The molecule has 0 aliphatic carbocycles. The Morgan fingerprint density at radius 3 is 2.38 bits per heavy atom. The van der Waals surface area contributed by atoms with Gasteiger partial charge in [-0.2, -0.15) is 4.57 Å². The van der Waals surface area contributed by atoms with Crippen LogP contribution in [0.3, 0.4) is 0 Å². The van der Waals surface area contributed by atoms with Crippen molar-refractivity contribution in [1.29, 1.82) is 0 Å². The number of hydrogen-bond donors (Lipinski definition) is 0. The molecule has 1 aliphatic heterocycles. The van der Waals surface area contributed by atoms with Crippen LogP contribution in [-0.4, -0.2) is 4.57 Å². The van der Waals surface area contributed by atoms with Crippen LogP contribution in [0.1, 0.15) is 37.6 Å². The SMILES string of the molecule is CCc1ccc(-c2c[n+]3c(n2-c2ccc(Cl)cc2)CCCCC3)cc1.[Br-]. The van der Waals surface area contributed by atoms with Gasteiger partial charge in [-0.1, -0.05) is 42.8 Å². The van der Waals surface area contributed by atoms with Crippen molar-refractivity contribution in [3.8, 4) is 16.9 Å². The second-order valence-electron chi connectivity index (χ2n) is 6.80. The van der Waals surface area contributed by atoms with Gasteiger partial charge in [-0.3, -0.25) is 0 Å². The van der Waals surface area contributed by atoms with Crippen LogP contribution in [0.15, 0.2) is 54.7 Å². The second kappa shape index (κ2) is 8.41. The van der Waals surface area contributed by atoms with Gasteiger partial charge in [-0.25, -0.2) is 4.57 Å². The molecule has 2 nitrogen and oxygen atoms in total. The standard InChI is InChI=1S/C22H24ClN2.BrH/c1-2-17-7-9-18(10-8-17)21-16-24-15-5-3-4-6-22(24)25(21)20-13-11-19(23)12-14-20;/h7-14,16H,2-6,15H2,1H3;1H/q+1;/p-1. The summed E-state index contributed by atoms with van der Waals surface area (Å²) in [7, 11) is 0. The molecule has 1 aromatic heterocycles. The maximum atomic E-state index is 6.12. The van der Waals surface area contributed by atoms with Crippen LogP contribution in [0.5, 0.6) is 0 Å². The zero-order valence-electron chi connectivity index (χ0n) is 15.1. The van der Waals surface area contributed by atoms with E-state index in [2.05, 4.69) is 58.7 Å². The monoisotopic (exact) mass is 430 g/mol. The molecule has 26 heavy (non-hydrogen) atoms. The maximum Gasteiger partial charge on any atom is 0.262 e. The molecule has 136 valence electrons. The van der Waals surface area contributed by atoms with Gasteiger partial charge in [-0.15, -0.1) is 0 Å².